The van der Waals surface area contributed by atoms with Crippen LogP contribution in [0.15, 0.2) is 30.3 Å². The third-order valence-corrected chi connectivity index (χ3v) is 1.22. The van der Waals surface area contributed by atoms with E-state index < -0.39 is 7.47 Å². The van der Waals surface area contributed by atoms with Crippen molar-refractivity contribution in [1.82, 2.24) is 0 Å². The number of rotatable bonds is 3. The molecule has 1 aromatic carbocycles. The fraction of sp³-hybridized carbons (Fsp3) is 0.143. The van der Waals surface area contributed by atoms with E-state index in [1.54, 1.807) is 24.3 Å². The molecule has 0 N–H and O–H groups in total. The van der Waals surface area contributed by atoms with Gasteiger partial charge in [-0.05, 0) is 5.56 Å². The van der Waals surface area contributed by atoms with Crippen LogP contribution in [0.3, 0.4) is 0 Å². The second kappa shape index (κ2) is 4.08. The molecule has 0 fully saturated rings. The zero-order valence-corrected chi connectivity index (χ0v) is 5.84. The van der Waals surface area contributed by atoms with Gasteiger partial charge in [-0.3, -0.25) is 8.63 Å². The Kier molecular flexibility index (Phi) is 3.04. The van der Waals surface area contributed by atoms with Crippen LogP contribution in [0.25, 0.3) is 0 Å². The summed E-state index contributed by atoms with van der Waals surface area (Å²) >= 11 is 0. The Hall–Kier alpha value is -0.895. The van der Waals surface area contributed by atoms with E-state index in [4.69, 9.17) is 0 Å². The van der Waals surface area contributed by atoms with Crippen molar-refractivity contribution in [3.8, 4) is 0 Å². The molecule has 0 saturated heterocycles. The van der Waals surface area contributed by atoms with Crippen LogP contribution in [0.2, 0.25) is 0 Å². The van der Waals surface area contributed by atoms with Gasteiger partial charge in [-0.2, -0.15) is 0 Å². The molecule has 0 atom stereocenters. The van der Waals surface area contributed by atoms with Crippen molar-refractivity contribution in [2.75, 3.05) is 0 Å². The smallest absolute Gasteiger partial charge is 0.375 e. The molecule has 58 valence electrons. The van der Waals surface area contributed by atoms with E-state index in [1.165, 1.54) is 0 Å². The first-order valence-corrected chi connectivity index (χ1v) is 3.23. The highest BCUT2D eigenvalue weighted by Gasteiger charge is 2.13. The maximum atomic E-state index is 11.5. The molecule has 1 rings (SSSR count). The Morgan fingerprint density at radius 1 is 1.18 bits per heavy atom. The minimum Gasteiger partial charge on any atom is -0.375 e. The molecule has 1 nitrogen and oxygen atoms in total. The summed E-state index contributed by atoms with van der Waals surface area (Å²) in [6, 6.07) is 8.87. The quantitative estimate of drug-likeness (QED) is 0.609. The number of halogens is 2. The average Bonchev–Trinajstić information content (AvgIpc) is 2.03. The lowest BCUT2D eigenvalue weighted by molar-refractivity contribution is 0.244. The van der Waals surface area contributed by atoms with Crippen LogP contribution in [0, 0.1) is 0 Å². The van der Waals surface area contributed by atoms with Gasteiger partial charge < -0.3 is 4.65 Å². The summed E-state index contributed by atoms with van der Waals surface area (Å²) < 4.78 is 27.1. The molecule has 0 spiro atoms. The zero-order chi connectivity index (χ0) is 8.10. The first kappa shape index (κ1) is 8.20. The molecule has 0 radical (unpaired) electrons. The summed E-state index contributed by atoms with van der Waals surface area (Å²) in [5.74, 6) is 0. The second-order valence-corrected chi connectivity index (χ2v) is 2.06. The van der Waals surface area contributed by atoms with Crippen LogP contribution in [0.1, 0.15) is 5.56 Å². The molecule has 0 aliphatic heterocycles. The van der Waals surface area contributed by atoms with Crippen LogP contribution < -0.4 is 0 Å². The lowest BCUT2D eigenvalue weighted by Crippen LogP contribution is -2.04. The van der Waals surface area contributed by atoms with E-state index in [9.17, 15) is 8.63 Å². The van der Waals surface area contributed by atoms with Crippen molar-refractivity contribution in [2.24, 2.45) is 0 Å². The summed E-state index contributed by atoms with van der Waals surface area (Å²) in [6.07, 6.45) is 0. The fourth-order valence-corrected chi connectivity index (χ4v) is 0.733. The van der Waals surface area contributed by atoms with E-state index >= 15 is 0 Å². The molecule has 4 heteroatoms. The Bertz CT molecular complexity index is 203. The molecule has 0 unspecified atom stereocenters. The van der Waals surface area contributed by atoms with Crippen LogP contribution in [-0.2, 0) is 11.3 Å². The highest BCUT2D eigenvalue weighted by molar-refractivity contribution is 6.34. The number of hydrogen-bond acceptors (Lipinski definition) is 1. The van der Waals surface area contributed by atoms with Crippen molar-refractivity contribution in [3.05, 3.63) is 35.9 Å². The van der Waals surface area contributed by atoms with Gasteiger partial charge in [0.15, 0.2) is 0 Å². The Labute approximate surface area is 64.2 Å². The minimum absolute atomic E-state index is 0.0293. The first-order valence-electron chi connectivity index (χ1n) is 3.23. The van der Waals surface area contributed by atoms with Crippen LogP contribution in [0.4, 0.5) is 8.63 Å². The molecule has 1 aromatic rings. The van der Waals surface area contributed by atoms with Crippen molar-refractivity contribution in [1.29, 1.82) is 0 Å². The molecule has 0 saturated carbocycles. The topological polar surface area (TPSA) is 9.23 Å². The van der Waals surface area contributed by atoms with Crippen LogP contribution in [-0.4, -0.2) is 7.47 Å². The monoisotopic (exact) mass is 156 g/mol. The Morgan fingerprint density at radius 3 is 2.36 bits per heavy atom. The molecule has 0 aliphatic carbocycles. The predicted molar refractivity (Wildman–Crippen MR) is 39.2 cm³/mol. The van der Waals surface area contributed by atoms with Crippen molar-refractivity contribution in [2.45, 2.75) is 6.61 Å². The minimum atomic E-state index is -2.68. The summed E-state index contributed by atoms with van der Waals surface area (Å²) in [7, 11) is -2.68. The van der Waals surface area contributed by atoms with E-state index in [0.717, 1.165) is 5.56 Å². The first-order chi connectivity index (χ1) is 5.29. The summed E-state index contributed by atoms with van der Waals surface area (Å²) in [5.41, 5.74) is 0.757. The van der Waals surface area contributed by atoms with Crippen molar-refractivity contribution in [3.63, 3.8) is 0 Å². The normalized spacial score (nSPS) is 9.64. The summed E-state index contributed by atoms with van der Waals surface area (Å²) in [4.78, 5) is 0. The third-order valence-electron chi connectivity index (χ3n) is 1.22. The molecular weight excluding hydrogens is 149 g/mol. The van der Waals surface area contributed by atoms with E-state index in [0.29, 0.717) is 0 Å². The highest BCUT2D eigenvalue weighted by Crippen LogP contribution is 2.02. The van der Waals surface area contributed by atoms with Gasteiger partial charge in [0.05, 0.1) is 6.61 Å². The van der Waals surface area contributed by atoms with Crippen molar-refractivity contribution < 1.29 is 13.3 Å². The van der Waals surface area contributed by atoms with Gasteiger partial charge in [0.1, 0.15) is 0 Å². The van der Waals surface area contributed by atoms with Gasteiger partial charge in [-0.1, -0.05) is 30.3 Å². The zero-order valence-electron chi connectivity index (χ0n) is 5.84. The average molecular weight is 156 g/mol. The van der Waals surface area contributed by atoms with E-state index in [-0.39, 0.29) is 6.61 Å². The van der Waals surface area contributed by atoms with Gasteiger partial charge in [0, 0.05) is 0 Å². The van der Waals surface area contributed by atoms with E-state index in [2.05, 4.69) is 4.65 Å². The van der Waals surface area contributed by atoms with E-state index in [1.807, 2.05) is 6.07 Å². The van der Waals surface area contributed by atoms with Gasteiger partial charge in [0.25, 0.3) is 0 Å². The SMILES string of the molecule is FB(F)OCc1ccccc1. The Morgan fingerprint density at radius 2 is 1.82 bits per heavy atom. The van der Waals surface area contributed by atoms with Crippen LogP contribution >= 0.6 is 0 Å². The highest BCUT2D eigenvalue weighted by atomic mass is 19.2. The summed E-state index contributed by atoms with van der Waals surface area (Å²) in [5, 5.41) is 0. The standard InChI is InChI=1S/C7H7BF2O/c9-8(10)11-6-7-4-2-1-3-5-7/h1-5H,6H2. The van der Waals surface area contributed by atoms with Gasteiger partial charge in [0.2, 0.25) is 0 Å². The number of hydrogen-bond donors (Lipinski definition) is 0. The lowest BCUT2D eigenvalue weighted by atomic mass is 10.2. The van der Waals surface area contributed by atoms with Gasteiger partial charge >= 0.3 is 7.47 Å². The van der Waals surface area contributed by atoms with Crippen molar-refractivity contribution >= 4 is 7.47 Å². The third kappa shape index (κ3) is 3.14. The molecule has 0 bridgehead atoms. The molecule has 0 aromatic heterocycles. The Balaban J connectivity index is 2.39. The van der Waals surface area contributed by atoms with Gasteiger partial charge in [-0.25, -0.2) is 0 Å². The fourth-order valence-electron chi connectivity index (χ4n) is 0.733. The molecule has 11 heavy (non-hydrogen) atoms. The molecule has 0 heterocycles. The maximum absolute atomic E-state index is 11.5. The maximum Gasteiger partial charge on any atom is 0.721 e. The number of benzene rings is 1. The molecule has 0 aliphatic rings. The second-order valence-electron chi connectivity index (χ2n) is 2.06. The largest absolute Gasteiger partial charge is 0.721 e. The predicted octanol–water partition coefficient (Wildman–Crippen LogP) is 2.13. The molecule has 0 amide bonds. The summed E-state index contributed by atoms with van der Waals surface area (Å²) in [6.45, 7) is -0.0293. The van der Waals surface area contributed by atoms with Crippen LogP contribution in [0.5, 0.6) is 0 Å². The lowest BCUT2D eigenvalue weighted by Gasteiger charge is -1.98. The van der Waals surface area contributed by atoms with Gasteiger partial charge in [-0.15, -0.1) is 0 Å². The molecular formula is C7H7BF2O.